The fourth-order valence-corrected chi connectivity index (χ4v) is 2.62. The van der Waals surface area contributed by atoms with Gasteiger partial charge in [-0.3, -0.25) is 14.4 Å². The van der Waals surface area contributed by atoms with Gasteiger partial charge in [-0.1, -0.05) is 12.1 Å². The summed E-state index contributed by atoms with van der Waals surface area (Å²) in [7, 11) is 0. The highest BCUT2D eigenvalue weighted by molar-refractivity contribution is 5.67. The molecule has 26 heavy (non-hydrogen) atoms. The van der Waals surface area contributed by atoms with Gasteiger partial charge in [-0.25, -0.2) is 4.98 Å². The minimum absolute atomic E-state index is 0.286. The highest BCUT2D eigenvalue weighted by Gasteiger charge is 2.31. The van der Waals surface area contributed by atoms with E-state index in [0.29, 0.717) is 22.6 Å². The predicted molar refractivity (Wildman–Crippen MR) is 88.3 cm³/mol. The van der Waals surface area contributed by atoms with Crippen molar-refractivity contribution in [3.05, 3.63) is 67.4 Å². The van der Waals surface area contributed by atoms with Gasteiger partial charge in [-0.05, 0) is 24.3 Å². The largest absolute Gasteiger partial charge is 0.573 e. The molecule has 3 heterocycles. The van der Waals surface area contributed by atoms with Crippen LogP contribution in [0.4, 0.5) is 13.2 Å². The van der Waals surface area contributed by atoms with Crippen LogP contribution in [0, 0.1) is 0 Å². The minimum atomic E-state index is -4.74. The minimum Gasteiger partial charge on any atom is -0.406 e. The third-order valence-electron chi connectivity index (χ3n) is 3.72. The number of aromatic nitrogens is 4. The van der Waals surface area contributed by atoms with Crippen molar-refractivity contribution in [3.63, 3.8) is 0 Å². The zero-order chi connectivity index (χ0) is 18.1. The van der Waals surface area contributed by atoms with Gasteiger partial charge in [0.15, 0.2) is 5.65 Å². The number of fused-ring (bicyclic) bond motifs is 1. The molecule has 4 aromatic rings. The van der Waals surface area contributed by atoms with E-state index in [1.54, 1.807) is 47.5 Å². The molecule has 1 aromatic carbocycles. The summed E-state index contributed by atoms with van der Waals surface area (Å²) in [4.78, 5) is 12.7. The lowest BCUT2D eigenvalue weighted by atomic mass is 10.1. The molecule has 0 radical (unpaired) electrons. The summed E-state index contributed by atoms with van der Waals surface area (Å²) in [5.41, 5.74) is 3.24. The van der Waals surface area contributed by atoms with Crippen LogP contribution in [0.25, 0.3) is 28.2 Å². The first-order valence-corrected chi connectivity index (χ1v) is 7.59. The van der Waals surface area contributed by atoms with E-state index in [2.05, 4.69) is 19.7 Å². The van der Waals surface area contributed by atoms with E-state index in [1.165, 1.54) is 18.2 Å². The topological polar surface area (TPSA) is 52.3 Å². The molecule has 0 saturated carbocycles. The summed E-state index contributed by atoms with van der Waals surface area (Å²) in [6, 6.07) is 9.43. The molecule has 5 nitrogen and oxygen atoms in total. The van der Waals surface area contributed by atoms with E-state index in [0.717, 1.165) is 5.56 Å². The third kappa shape index (κ3) is 3.21. The zero-order valence-electron chi connectivity index (χ0n) is 13.2. The third-order valence-corrected chi connectivity index (χ3v) is 3.72. The molecule has 8 heteroatoms. The molecule has 0 spiro atoms. The summed E-state index contributed by atoms with van der Waals surface area (Å²) in [5.74, 6) is -0.286. The van der Waals surface area contributed by atoms with Crippen LogP contribution in [0.5, 0.6) is 5.75 Å². The van der Waals surface area contributed by atoms with Crippen molar-refractivity contribution in [1.29, 1.82) is 0 Å². The van der Waals surface area contributed by atoms with Gasteiger partial charge in [-0.2, -0.15) is 0 Å². The molecule has 0 unspecified atom stereocenters. The SMILES string of the molecule is FC(F)(F)Oc1cccc(-c2cnc3cnc(-c4cccnc4)cn23)c1. The van der Waals surface area contributed by atoms with Crippen molar-refractivity contribution in [2.75, 3.05) is 0 Å². The van der Waals surface area contributed by atoms with Gasteiger partial charge in [0, 0.05) is 29.7 Å². The first kappa shape index (κ1) is 16.1. The van der Waals surface area contributed by atoms with E-state index >= 15 is 0 Å². The van der Waals surface area contributed by atoms with Crippen LogP contribution in [-0.2, 0) is 0 Å². The van der Waals surface area contributed by atoms with Crippen LogP contribution in [0.1, 0.15) is 0 Å². The molecule has 0 amide bonds. The highest BCUT2D eigenvalue weighted by atomic mass is 19.4. The van der Waals surface area contributed by atoms with E-state index < -0.39 is 6.36 Å². The monoisotopic (exact) mass is 356 g/mol. The maximum Gasteiger partial charge on any atom is 0.573 e. The van der Waals surface area contributed by atoms with E-state index in [1.807, 2.05) is 6.07 Å². The van der Waals surface area contributed by atoms with Crippen LogP contribution >= 0.6 is 0 Å². The Morgan fingerprint density at radius 1 is 0.923 bits per heavy atom. The number of rotatable bonds is 3. The van der Waals surface area contributed by atoms with E-state index in [4.69, 9.17) is 0 Å². The standard InChI is InChI=1S/C18H11F3N4O/c19-18(20,21)26-14-5-1-3-12(7-14)16-9-24-17-10-23-15(11-25(16)17)13-4-2-6-22-8-13/h1-11H. The Bertz CT molecular complexity index is 1060. The van der Waals surface area contributed by atoms with Crippen molar-refractivity contribution in [3.8, 4) is 28.3 Å². The number of imidazole rings is 1. The van der Waals surface area contributed by atoms with Gasteiger partial charge in [0.2, 0.25) is 0 Å². The second-order valence-electron chi connectivity index (χ2n) is 5.46. The molecule has 0 bridgehead atoms. The van der Waals surface area contributed by atoms with Gasteiger partial charge in [-0.15, -0.1) is 13.2 Å². The quantitative estimate of drug-likeness (QED) is 0.547. The number of nitrogens with zero attached hydrogens (tertiary/aromatic N) is 4. The molecule has 0 atom stereocenters. The summed E-state index contributed by atoms with van der Waals surface area (Å²) in [6.07, 6.45) is 3.56. The lowest BCUT2D eigenvalue weighted by molar-refractivity contribution is -0.274. The average molecular weight is 356 g/mol. The van der Waals surface area contributed by atoms with Crippen molar-refractivity contribution < 1.29 is 17.9 Å². The number of alkyl halides is 3. The van der Waals surface area contributed by atoms with Crippen molar-refractivity contribution in [1.82, 2.24) is 19.4 Å². The zero-order valence-corrected chi connectivity index (χ0v) is 13.2. The molecule has 0 aliphatic carbocycles. The fourth-order valence-electron chi connectivity index (χ4n) is 2.62. The number of hydrogen-bond acceptors (Lipinski definition) is 4. The summed E-state index contributed by atoms with van der Waals surface area (Å²) < 4.78 is 43.1. The Hall–Kier alpha value is -3.42. The predicted octanol–water partition coefficient (Wildman–Crippen LogP) is 4.36. The lowest BCUT2D eigenvalue weighted by Crippen LogP contribution is -2.17. The summed E-state index contributed by atoms with van der Waals surface area (Å²) >= 11 is 0. The number of benzene rings is 1. The maximum absolute atomic E-state index is 12.5. The summed E-state index contributed by atoms with van der Waals surface area (Å²) in [5, 5.41) is 0. The molecule has 130 valence electrons. The van der Waals surface area contributed by atoms with E-state index in [-0.39, 0.29) is 5.75 Å². The molecule has 0 saturated heterocycles. The van der Waals surface area contributed by atoms with Gasteiger partial charge in [0.1, 0.15) is 5.75 Å². The van der Waals surface area contributed by atoms with Gasteiger partial charge in [0.05, 0.1) is 23.8 Å². The Morgan fingerprint density at radius 3 is 2.54 bits per heavy atom. The normalized spacial score (nSPS) is 11.7. The molecule has 0 N–H and O–H groups in total. The molecule has 4 rings (SSSR count). The van der Waals surface area contributed by atoms with Crippen LogP contribution in [0.2, 0.25) is 0 Å². The fraction of sp³-hybridized carbons (Fsp3) is 0.0556. The smallest absolute Gasteiger partial charge is 0.406 e. The van der Waals surface area contributed by atoms with Crippen LogP contribution in [0.15, 0.2) is 67.4 Å². The Labute approximate surface area is 145 Å². The number of pyridine rings is 1. The van der Waals surface area contributed by atoms with Crippen molar-refractivity contribution in [2.45, 2.75) is 6.36 Å². The molecular weight excluding hydrogens is 345 g/mol. The number of hydrogen-bond donors (Lipinski definition) is 0. The Balaban J connectivity index is 1.79. The molecule has 3 aromatic heterocycles. The van der Waals surface area contributed by atoms with Crippen molar-refractivity contribution >= 4 is 5.65 Å². The molecule has 0 aliphatic rings. The average Bonchev–Trinajstić information content (AvgIpc) is 3.04. The lowest BCUT2D eigenvalue weighted by Gasteiger charge is -2.10. The Morgan fingerprint density at radius 2 is 1.77 bits per heavy atom. The van der Waals surface area contributed by atoms with Crippen LogP contribution in [-0.4, -0.2) is 25.7 Å². The Kier molecular flexibility index (Phi) is 3.80. The summed E-state index contributed by atoms with van der Waals surface area (Å²) in [6.45, 7) is 0. The van der Waals surface area contributed by atoms with Crippen LogP contribution in [0.3, 0.4) is 0 Å². The second-order valence-corrected chi connectivity index (χ2v) is 5.46. The van der Waals surface area contributed by atoms with Crippen molar-refractivity contribution in [2.24, 2.45) is 0 Å². The van der Waals surface area contributed by atoms with Crippen LogP contribution < -0.4 is 4.74 Å². The number of ether oxygens (including phenoxy) is 1. The second kappa shape index (κ2) is 6.14. The number of halogens is 3. The molecular formula is C18H11F3N4O. The maximum atomic E-state index is 12.5. The highest BCUT2D eigenvalue weighted by Crippen LogP contribution is 2.29. The molecule has 0 fully saturated rings. The van der Waals surface area contributed by atoms with Gasteiger partial charge < -0.3 is 4.74 Å². The van der Waals surface area contributed by atoms with Gasteiger partial charge in [0.25, 0.3) is 0 Å². The van der Waals surface area contributed by atoms with Gasteiger partial charge >= 0.3 is 6.36 Å². The first-order chi connectivity index (χ1) is 12.5. The van der Waals surface area contributed by atoms with E-state index in [9.17, 15) is 13.2 Å². The molecule has 0 aliphatic heterocycles. The first-order valence-electron chi connectivity index (χ1n) is 7.59.